The summed E-state index contributed by atoms with van der Waals surface area (Å²) in [6, 6.07) is 6.20. The summed E-state index contributed by atoms with van der Waals surface area (Å²) in [6.07, 6.45) is 0.936. The lowest BCUT2D eigenvalue weighted by Crippen LogP contribution is -2.31. The molecule has 0 bridgehead atoms. The summed E-state index contributed by atoms with van der Waals surface area (Å²) in [5.74, 6) is 0.168. The second-order valence-electron chi connectivity index (χ2n) is 3.69. The van der Waals surface area contributed by atoms with Gasteiger partial charge in [0.1, 0.15) is 0 Å². The number of benzene rings is 1. The number of thiol groups is 1. The summed E-state index contributed by atoms with van der Waals surface area (Å²) >= 11 is 3.42. The highest BCUT2D eigenvalue weighted by Gasteiger charge is 2.16. The zero-order chi connectivity index (χ0) is 10.8. The van der Waals surface area contributed by atoms with E-state index >= 15 is 0 Å². The van der Waals surface area contributed by atoms with E-state index < -0.39 is 10.7 Å². The van der Waals surface area contributed by atoms with Crippen LogP contribution in [0.3, 0.4) is 0 Å². The molecule has 0 radical (unpaired) electrons. The van der Waals surface area contributed by atoms with E-state index in [1.54, 1.807) is 0 Å². The van der Waals surface area contributed by atoms with Gasteiger partial charge in [0.15, 0.2) is 10.7 Å². The monoisotopic (exact) mass is 289 g/mol. The molecule has 1 aromatic rings. The molecule has 3 nitrogen and oxygen atoms in total. The molecule has 15 heavy (non-hydrogen) atoms. The van der Waals surface area contributed by atoms with Gasteiger partial charge in [0.05, 0.1) is 5.88 Å². The van der Waals surface area contributed by atoms with Crippen molar-refractivity contribution in [2.24, 2.45) is 0 Å². The van der Waals surface area contributed by atoms with Crippen LogP contribution >= 0.6 is 15.9 Å². The molecule has 0 aromatic heterocycles. The fraction of sp³-hybridized carbons (Fsp3) is 0.400. The van der Waals surface area contributed by atoms with Gasteiger partial charge in [0.25, 0.3) is 0 Å². The topological polar surface area (TPSA) is 37.4 Å². The molecule has 1 aliphatic rings. The van der Waals surface area contributed by atoms with E-state index in [0.29, 0.717) is 0 Å². The van der Waals surface area contributed by atoms with Crippen LogP contribution in [0.5, 0.6) is 0 Å². The van der Waals surface area contributed by atoms with Gasteiger partial charge in [-0.05, 0) is 29.7 Å². The average Bonchev–Trinajstić information content (AvgIpc) is 2.16. The summed E-state index contributed by atoms with van der Waals surface area (Å²) < 4.78 is 22.3. The lowest BCUT2D eigenvalue weighted by Gasteiger charge is -2.26. The minimum Gasteiger partial charge on any atom is -0.285 e. The summed E-state index contributed by atoms with van der Waals surface area (Å²) in [7, 11) is -2.31. The van der Waals surface area contributed by atoms with Crippen LogP contribution in [0, 0.1) is 0 Å². The molecule has 1 aliphatic heterocycles. The van der Waals surface area contributed by atoms with Crippen LogP contribution in [-0.4, -0.2) is 25.7 Å². The van der Waals surface area contributed by atoms with Crippen LogP contribution in [0.1, 0.15) is 11.1 Å². The standard InChI is InChI=1S/C10H12BrNO2S/c11-10-2-1-8-3-4-12(7-15(13)14)6-9(8)5-10/h1-2,5,15H,3-4,6-7H2. The average molecular weight is 290 g/mol. The lowest BCUT2D eigenvalue weighted by atomic mass is 10.0. The molecular weight excluding hydrogens is 278 g/mol. The number of nitrogens with zero attached hydrogens (tertiary/aromatic N) is 1. The fourth-order valence-corrected chi connectivity index (χ4v) is 2.84. The van der Waals surface area contributed by atoms with Gasteiger partial charge in [0.2, 0.25) is 0 Å². The predicted molar refractivity (Wildman–Crippen MR) is 63.4 cm³/mol. The Bertz CT molecular complexity index is 437. The molecule has 0 atom stereocenters. The number of fused-ring (bicyclic) bond motifs is 1. The minimum atomic E-state index is -2.31. The molecule has 2 rings (SSSR count). The first-order chi connectivity index (χ1) is 7.15. The Labute approximate surface area is 99.2 Å². The van der Waals surface area contributed by atoms with Gasteiger partial charge in [-0.1, -0.05) is 22.0 Å². The van der Waals surface area contributed by atoms with Crippen molar-refractivity contribution in [1.29, 1.82) is 0 Å². The predicted octanol–water partition coefficient (Wildman–Crippen LogP) is 1.38. The van der Waals surface area contributed by atoms with E-state index in [9.17, 15) is 8.42 Å². The lowest BCUT2D eigenvalue weighted by molar-refractivity contribution is 0.295. The van der Waals surface area contributed by atoms with Crippen LogP contribution in [0.25, 0.3) is 0 Å². The highest BCUT2D eigenvalue weighted by atomic mass is 79.9. The number of rotatable bonds is 2. The molecule has 1 heterocycles. The summed E-state index contributed by atoms with van der Waals surface area (Å²) in [5, 5.41) is 0. The summed E-state index contributed by atoms with van der Waals surface area (Å²) in [4.78, 5) is 1.96. The van der Waals surface area contributed by atoms with E-state index in [2.05, 4.69) is 28.1 Å². The summed E-state index contributed by atoms with van der Waals surface area (Å²) in [6.45, 7) is 1.57. The van der Waals surface area contributed by atoms with Gasteiger partial charge in [0, 0.05) is 17.6 Å². The molecule has 0 fully saturated rings. The van der Waals surface area contributed by atoms with Crippen molar-refractivity contribution >= 4 is 26.6 Å². The molecule has 0 saturated heterocycles. The van der Waals surface area contributed by atoms with Crippen molar-refractivity contribution < 1.29 is 8.42 Å². The molecule has 82 valence electrons. The van der Waals surface area contributed by atoms with Crippen LogP contribution in [0.2, 0.25) is 0 Å². The van der Waals surface area contributed by atoms with Crippen molar-refractivity contribution in [1.82, 2.24) is 4.90 Å². The first-order valence-electron chi connectivity index (χ1n) is 4.76. The highest BCUT2D eigenvalue weighted by Crippen LogP contribution is 2.22. The van der Waals surface area contributed by atoms with Crippen molar-refractivity contribution in [2.75, 3.05) is 12.4 Å². The second kappa shape index (κ2) is 4.63. The van der Waals surface area contributed by atoms with Crippen LogP contribution in [0.4, 0.5) is 0 Å². The highest BCUT2D eigenvalue weighted by molar-refractivity contribution is 9.10. The van der Waals surface area contributed by atoms with Gasteiger partial charge >= 0.3 is 0 Å². The minimum absolute atomic E-state index is 0.168. The van der Waals surface area contributed by atoms with Crippen molar-refractivity contribution in [3.8, 4) is 0 Å². The van der Waals surface area contributed by atoms with Crippen LogP contribution in [-0.2, 0) is 23.7 Å². The maximum absolute atomic E-state index is 10.6. The summed E-state index contributed by atoms with van der Waals surface area (Å²) in [5.41, 5.74) is 2.56. The molecular formula is C10H12BrNO2S. The molecule has 0 amide bonds. The van der Waals surface area contributed by atoms with Gasteiger partial charge in [-0.3, -0.25) is 4.90 Å². The smallest absolute Gasteiger partial charge is 0.153 e. The van der Waals surface area contributed by atoms with Crippen molar-refractivity contribution in [3.05, 3.63) is 33.8 Å². The zero-order valence-corrected chi connectivity index (χ0v) is 10.6. The van der Waals surface area contributed by atoms with Crippen molar-refractivity contribution in [3.63, 3.8) is 0 Å². The van der Waals surface area contributed by atoms with Gasteiger partial charge < -0.3 is 0 Å². The van der Waals surface area contributed by atoms with E-state index in [1.165, 1.54) is 11.1 Å². The normalized spacial score (nSPS) is 16.7. The number of halogens is 1. The Morgan fingerprint density at radius 3 is 2.87 bits per heavy atom. The molecule has 0 unspecified atom stereocenters. The van der Waals surface area contributed by atoms with E-state index in [-0.39, 0.29) is 5.88 Å². The third-order valence-electron chi connectivity index (χ3n) is 2.58. The first-order valence-corrected chi connectivity index (χ1v) is 6.92. The van der Waals surface area contributed by atoms with Crippen molar-refractivity contribution in [2.45, 2.75) is 13.0 Å². The molecule has 0 spiro atoms. The number of hydrogen-bond acceptors (Lipinski definition) is 3. The Morgan fingerprint density at radius 2 is 2.13 bits per heavy atom. The Morgan fingerprint density at radius 1 is 1.33 bits per heavy atom. The largest absolute Gasteiger partial charge is 0.285 e. The maximum atomic E-state index is 10.6. The fourth-order valence-electron chi connectivity index (χ4n) is 1.87. The second-order valence-corrected chi connectivity index (χ2v) is 5.55. The Balaban J connectivity index is 2.18. The van der Waals surface area contributed by atoms with Gasteiger partial charge in [-0.2, -0.15) is 0 Å². The SMILES string of the molecule is O=[SH](=O)CN1CCc2ccc(Br)cc2C1. The molecule has 5 heteroatoms. The Kier molecular flexibility index (Phi) is 3.43. The first kappa shape index (κ1) is 11.1. The Hall–Kier alpha value is -0.390. The van der Waals surface area contributed by atoms with E-state index in [4.69, 9.17) is 0 Å². The maximum Gasteiger partial charge on any atom is 0.153 e. The molecule has 0 aliphatic carbocycles. The zero-order valence-electron chi connectivity index (χ0n) is 8.15. The quantitative estimate of drug-likeness (QED) is 0.836. The molecule has 1 aromatic carbocycles. The van der Waals surface area contributed by atoms with Crippen LogP contribution < -0.4 is 0 Å². The van der Waals surface area contributed by atoms with Gasteiger partial charge in [-0.25, -0.2) is 8.42 Å². The molecule has 0 N–H and O–H groups in total. The third kappa shape index (κ3) is 2.80. The third-order valence-corrected chi connectivity index (χ3v) is 3.70. The van der Waals surface area contributed by atoms with Crippen LogP contribution in [0.15, 0.2) is 22.7 Å². The molecule has 0 saturated carbocycles. The van der Waals surface area contributed by atoms with E-state index in [0.717, 1.165) is 24.0 Å². The van der Waals surface area contributed by atoms with E-state index in [1.807, 2.05) is 11.0 Å². The van der Waals surface area contributed by atoms with Gasteiger partial charge in [-0.15, -0.1) is 0 Å². The number of hydrogen-bond donors (Lipinski definition) is 1.